The molecule has 0 bridgehead atoms. The molecule has 2 rings (SSSR count). The second-order valence-corrected chi connectivity index (χ2v) is 4.71. The van der Waals surface area contributed by atoms with Crippen molar-refractivity contribution in [1.82, 2.24) is 0 Å². The van der Waals surface area contributed by atoms with Crippen LogP contribution in [-0.2, 0) is 0 Å². The molecule has 0 amide bonds. The number of carbonyl (C=O) groups excluding carboxylic acids is 1. The van der Waals surface area contributed by atoms with E-state index in [0.717, 1.165) is 5.56 Å². The first kappa shape index (κ1) is 16.4. The maximum Gasteiger partial charge on any atom is 0.203 e. The number of benzene rings is 2. The molecule has 120 valence electrons. The van der Waals surface area contributed by atoms with Crippen LogP contribution in [0.15, 0.2) is 42.5 Å². The number of hydrogen-bond acceptors (Lipinski definition) is 5. The third-order valence-corrected chi connectivity index (χ3v) is 3.25. The summed E-state index contributed by atoms with van der Waals surface area (Å²) in [5.41, 5.74) is 1.14. The van der Waals surface area contributed by atoms with Gasteiger partial charge in [0, 0.05) is 5.56 Å². The average molecular weight is 314 g/mol. The van der Waals surface area contributed by atoms with Gasteiger partial charge in [0.1, 0.15) is 5.75 Å². The molecule has 0 saturated carbocycles. The number of methoxy groups -OCH3 is 3. The van der Waals surface area contributed by atoms with Crippen molar-refractivity contribution in [3.8, 4) is 23.0 Å². The fraction of sp³-hybridized carbons (Fsp3) is 0.167. The number of allylic oxidation sites excluding steroid dienone is 1. The molecule has 0 aliphatic heterocycles. The number of carbonyl (C=O) groups is 1. The molecule has 0 aromatic heterocycles. The van der Waals surface area contributed by atoms with Gasteiger partial charge in [0.05, 0.1) is 21.3 Å². The van der Waals surface area contributed by atoms with E-state index in [0.29, 0.717) is 22.8 Å². The molecule has 2 aromatic carbocycles. The van der Waals surface area contributed by atoms with Gasteiger partial charge in [0.2, 0.25) is 5.75 Å². The zero-order valence-corrected chi connectivity index (χ0v) is 13.2. The van der Waals surface area contributed by atoms with E-state index in [-0.39, 0.29) is 11.5 Å². The lowest BCUT2D eigenvalue weighted by atomic mass is 10.1. The molecular formula is C18H18O5. The number of rotatable bonds is 6. The first-order chi connectivity index (χ1) is 11.1. The first-order valence-corrected chi connectivity index (χ1v) is 6.90. The van der Waals surface area contributed by atoms with Crippen molar-refractivity contribution in [1.29, 1.82) is 0 Å². The monoisotopic (exact) mass is 314 g/mol. The summed E-state index contributed by atoms with van der Waals surface area (Å²) < 4.78 is 15.7. The normalized spacial score (nSPS) is 10.6. The van der Waals surface area contributed by atoms with E-state index in [1.165, 1.54) is 27.4 Å². The van der Waals surface area contributed by atoms with Crippen molar-refractivity contribution >= 4 is 11.9 Å². The van der Waals surface area contributed by atoms with Gasteiger partial charge in [-0.15, -0.1) is 0 Å². The molecule has 5 heteroatoms. The Labute approximate surface area is 134 Å². The summed E-state index contributed by atoms with van der Waals surface area (Å²) >= 11 is 0. The molecule has 23 heavy (non-hydrogen) atoms. The summed E-state index contributed by atoms with van der Waals surface area (Å²) in [6, 6.07) is 9.82. The summed E-state index contributed by atoms with van der Waals surface area (Å²) in [6.07, 6.45) is 3.06. The minimum atomic E-state index is -0.215. The van der Waals surface area contributed by atoms with Crippen molar-refractivity contribution in [2.45, 2.75) is 0 Å². The number of phenols is 1. The SMILES string of the molecule is COc1cc(C(=O)/C=C/c2cccc(O)c2)cc(OC)c1OC. The highest BCUT2D eigenvalue weighted by atomic mass is 16.5. The van der Waals surface area contributed by atoms with Crippen LogP contribution in [-0.4, -0.2) is 32.2 Å². The molecular weight excluding hydrogens is 296 g/mol. The minimum absolute atomic E-state index is 0.146. The Morgan fingerprint density at radius 2 is 1.65 bits per heavy atom. The van der Waals surface area contributed by atoms with Crippen molar-refractivity contribution in [3.05, 3.63) is 53.6 Å². The largest absolute Gasteiger partial charge is 0.508 e. The molecule has 0 spiro atoms. The molecule has 0 radical (unpaired) electrons. The van der Waals surface area contributed by atoms with Gasteiger partial charge >= 0.3 is 0 Å². The molecule has 0 aliphatic carbocycles. The first-order valence-electron chi connectivity index (χ1n) is 6.90. The van der Waals surface area contributed by atoms with E-state index in [9.17, 15) is 9.90 Å². The molecule has 2 aromatic rings. The Morgan fingerprint density at radius 3 is 2.17 bits per heavy atom. The second kappa shape index (κ2) is 7.35. The van der Waals surface area contributed by atoms with Crippen molar-refractivity contribution in [3.63, 3.8) is 0 Å². The third-order valence-electron chi connectivity index (χ3n) is 3.25. The summed E-state index contributed by atoms with van der Waals surface area (Å²) in [5.74, 6) is 1.20. The summed E-state index contributed by atoms with van der Waals surface area (Å²) in [4.78, 5) is 12.3. The maximum absolute atomic E-state index is 12.3. The number of phenolic OH excluding ortho intramolecular Hbond substituents is 1. The maximum atomic E-state index is 12.3. The quantitative estimate of drug-likeness (QED) is 0.654. The minimum Gasteiger partial charge on any atom is -0.508 e. The lowest BCUT2D eigenvalue weighted by Crippen LogP contribution is -2.00. The van der Waals surface area contributed by atoms with E-state index < -0.39 is 0 Å². The van der Waals surface area contributed by atoms with Crippen molar-refractivity contribution in [2.75, 3.05) is 21.3 Å². The second-order valence-electron chi connectivity index (χ2n) is 4.71. The Morgan fingerprint density at radius 1 is 1.00 bits per heavy atom. The Balaban J connectivity index is 2.32. The van der Waals surface area contributed by atoms with Crippen molar-refractivity contribution < 1.29 is 24.1 Å². The standard InChI is InChI=1S/C18H18O5/c1-21-16-10-13(11-17(22-2)18(16)23-3)15(20)8-7-12-5-4-6-14(19)9-12/h4-11,19H,1-3H3/b8-7+. The topological polar surface area (TPSA) is 65.0 Å². The Hall–Kier alpha value is -2.95. The van der Waals surface area contributed by atoms with Crippen LogP contribution in [0.25, 0.3) is 6.08 Å². The van der Waals surface area contributed by atoms with Gasteiger partial charge in [-0.25, -0.2) is 0 Å². The molecule has 0 heterocycles. The molecule has 0 saturated heterocycles. The molecule has 1 N–H and O–H groups in total. The van der Waals surface area contributed by atoms with E-state index in [2.05, 4.69) is 0 Å². The van der Waals surface area contributed by atoms with Crippen LogP contribution in [0.4, 0.5) is 0 Å². The highest BCUT2D eigenvalue weighted by Crippen LogP contribution is 2.38. The molecule has 0 atom stereocenters. The Kier molecular flexibility index (Phi) is 5.25. The van der Waals surface area contributed by atoms with Gasteiger partial charge in [0.15, 0.2) is 17.3 Å². The fourth-order valence-corrected chi connectivity index (χ4v) is 2.12. The molecule has 0 unspecified atom stereocenters. The number of hydrogen-bond donors (Lipinski definition) is 1. The number of aromatic hydroxyl groups is 1. The molecule has 0 fully saturated rings. The van der Waals surface area contributed by atoms with Gasteiger partial charge in [-0.2, -0.15) is 0 Å². The van der Waals surface area contributed by atoms with Crippen LogP contribution in [0.1, 0.15) is 15.9 Å². The highest BCUT2D eigenvalue weighted by molar-refractivity contribution is 6.07. The van der Waals surface area contributed by atoms with Gasteiger partial charge in [-0.05, 0) is 35.9 Å². The van der Waals surface area contributed by atoms with E-state index in [1.807, 2.05) is 0 Å². The van der Waals surface area contributed by atoms with E-state index in [4.69, 9.17) is 14.2 Å². The van der Waals surface area contributed by atoms with Gasteiger partial charge in [-0.1, -0.05) is 18.2 Å². The van der Waals surface area contributed by atoms with E-state index >= 15 is 0 Å². The summed E-state index contributed by atoms with van der Waals surface area (Å²) in [5, 5.41) is 9.42. The van der Waals surface area contributed by atoms with Crippen LogP contribution in [0.3, 0.4) is 0 Å². The molecule has 5 nitrogen and oxygen atoms in total. The van der Waals surface area contributed by atoms with Crippen LogP contribution < -0.4 is 14.2 Å². The smallest absolute Gasteiger partial charge is 0.203 e. The fourth-order valence-electron chi connectivity index (χ4n) is 2.12. The van der Waals surface area contributed by atoms with Crippen LogP contribution >= 0.6 is 0 Å². The molecule has 0 aliphatic rings. The third kappa shape index (κ3) is 3.83. The van der Waals surface area contributed by atoms with Crippen LogP contribution in [0.5, 0.6) is 23.0 Å². The predicted octanol–water partition coefficient (Wildman–Crippen LogP) is 3.31. The van der Waals surface area contributed by atoms with Crippen LogP contribution in [0.2, 0.25) is 0 Å². The van der Waals surface area contributed by atoms with Gasteiger partial charge < -0.3 is 19.3 Å². The lowest BCUT2D eigenvalue weighted by Gasteiger charge is -2.13. The van der Waals surface area contributed by atoms with Gasteiger partial charge in [-0.3, -0.25) is 4.79 Å². The number of ketones is 1. The highest BCUT2D eigenvalue weighted by Gasteiger charge is 2.15. The Bertz CT molecular complexity index is 709. The van der Waals surface area contributed by atoms with Crippen LogP contribution in [0, 0.1) is 0 Å². The zero-order chi connectivity index (χ0) is 16.8. The van der Waals surface area contributed by atoms with Gasteiger partial charge in [0.25, 0.3) is 0 Å². The summed E-state index contributed by atoms with van der Waals surface area (Å²) in [6.45, 7) is 0. The summed E-state index contributed by atoms with van der Waals surface area (Å²) in [7, 11) is 4.49. The average Bonchev–Trinajstić information content (AvgIpc) is 2.58. The lowest BCUT2D eigenvalue weighted by molar-refractivity contribution is 0.104. The van der Waals surface area contributed by atoms with E-state index in [1.54, 1.807) is 42.5 Å². The predicted molar refractivity (Wildman–Crippen MR) is 87.6 cm³/mol. The zero-order valence-electron chi connectivity index (χ0n) is 13.2. The van der Waals surface area contributed by atoms with Crippen molar-refractivity contribution in [2.24, 2.45) is 0 Å². The number of ether oxygens (including phenoxy) is 3.